The van der Waals surface area contributed by atoms with E-state index in [-0.39, 0.29) is 0 Å². The fraction of sp³-hybridized carbons (Fsp3) is 0.529. The van der Waals surface area contributed by atoms with Crippen molar-refractivity contribution in [2.45, 2.75) is 19.0 Å². The van der Waals surface area contributed by atoms with Gasteiger partial charge in [-0.1, -0.05) is 42.5 Å². The van der Waals surface area contributed by atoms with E-state index in [4.69, 9.17) is 14.6 Å². The predicted molar refractivity (Wildman–Crippen MR) is 96.0 cm³/mol. The highest BCUT2D eigenvalue weighted by Gasteiger charge is 2.27. The van der Waals surface area contributed by atoms with Gasteiger partial charge < -0.3 is 14.6 Å². The Morgan fingerprint density at radius 3 is 2.41 bits per heavy atom. The van der Waals surface area contributed by atoms with Gasteiger partial charge in [0.05, 0.1) is 0 Å². The lowest BCUT2D eigenvalue weighted by atomic mass is 10.2. The van der Waals surface area contributed by atoms with Crippen LogP contribution in [0.3, 0.4) is 0 Å². The number of hydrogen-bond donors (Lipinski definition) is 1. The quantitative estimate of drug-likeness (QED) is 0.636. The second-order valence-electron chi connectivity index (χ2n) is 5.55. The van der Waals surface area contributed by atoms with Gasteiger partial charge in [-0.25, -0.2) is 0 Å². The first-order chi connectivity index (χ1) is 10.6. The molecule has 1 aromatic rings. The molecule has 0 saturated carbocycles. The monoisotopic (exact) mass is 322 g/mol. The van der Waals surface area contributed by atoms with E-state index in [2.05, 4.69) is 47.9 Å². The van der Waals surface area contributed by atoms with Crippen LogP contribution in [0.5, 0.6) is 0 Å². The molecule has 0 radical (unpaired) electrons. The standard InChI is InChI=1S/C17H30N2O2Si/c1-20-22(3,21-2)16-8-14-19(15-12-18)13-7-11-17-9-5-4-6-10-17/h4-7,9-11H,8,12-16,18H2,1-3H3. The smallest absolute Gasteiger partial charge is 0.334 e. The molecule has 0 bridgehead atoms. The van der Waals surface area contributed by atoms with E-state index >= 15 is 0 Å². The normalized spacial score (nSPS) is 12.4. The Kier molecular flexibility index (Phi) is 9.27. The molecule has 0 spiro atoms. The molecule has 4 nitrogen and oxygen atoms in total. The molecule has 124 valence electrons. The van der Waals surface area contributed by atoms with Crippen molar-refractivity contribution in [2.75, 3.05) is 40.4 Å². The maximum Gasteiger partial charge on any atom is 0.334 e. The van der Waals surface area contributed by atoms with Crippen molar-refractivity contribution >= 4 is 14.6 Å². The van der Waals surface area contributed by atoms with Gasteiger partial charge in [-0.15, -0.1) is 0 Å². The van der Waals surface area contributed by atoms with Gasteiger partial charge in [-0.2, -0.15) is 0 Å². The van der Waals surface area contributed by atoms with Crippen molar-refractivity contribution in [2.24, 2.45) is 5.73 Å². The van der Waals surface area contributed by atoms with Crippen LogP contribution in [0, 0.1) is 0 Å². The van der Waals surface area contributed by atoms with Gasteiger partial charge in [0, 0.05) is 33.9 Å². The van der Waals surface area contributed by atoms with Crippen LogP contribution < -0.4 is 5.73 Å². The lowest BCUT2D eigenvalue weighted by Crippen LogP contribution is -2.37. The molecular formula is C17H30N2O2Si. The van der Waals surface area contributed by atoms with Crippen LogP contribution in [0.15, 0.2) is 36.4 Å². The van der Waals surface area contributed by atoms with Gasteiger partial charge in [-0.05, 0) is 31.1 Å². The SMILES string of the molecule is CO[Si](C)(CCCN(CC=Cc1ccccc1)CCN)OC. The summed E-state index contributed by atoms with van der Waals surface area (Å²) in [5.41, 5.74) is 6.95. The van der Waals surface area contributed by atoms with Gasteiger partial charge in [0.15, 0.2) is 0 Å². The first-order valence-electron chi connectivity index (χ1n) is 7.88. The predicted octanol–water partition coefficient (Wildman–Crippen LogP) is 2.72. The summed E-state index contributed by atoms with van der Waals surface area (Å²) < 4.78 is 11.1. The number of hydrogen-bond acceptors (Lipinski definition) is 4. The Labute approximate surface area is 136 Å². The van der Waals surface area contributed by atoms with Crippen LogP contribution in [0.2, 0.25) is 12.6 Å². The molecule has 0 saturated heterocycles. The average Bonchev–Trinajstić information content (AvgIpc) is 2.55. The minimum atomic E-state index is -1.95. The molecule has 0 aliphatic carbocycles. The molecule has 0 atom stereocenters. The largest absolute Gasteiger partial charge is 0.398 e. The summed E-state index contributed by atoms with van der Waals surface area (Å²) in [6.45, 7) is 5.64. The van der Waals surface area contributed by atoms with Gasteiger partial charge >= 0.3 is 8.56 Å². The third-order valence-electron chi connectivity index (χ3n) is 3.89. The van der Waals surface area contributed by atoms with E-state index in [0.29, 0.717) is 6.54 Å². The van der Waals surface area contributed by atoms with Crippen molar-refractivity contribution in [1.82, 2.24) is 4.90 Å². The molecule has 0 fully saturated rings. The van der Waals surface area contributed by atoms with E-state index in [9.17, 15) is 0 Å². The second kappa shape index (κ2) is 10.7. The van der Waals surface area contributed by atoms with Crippen LogP contribution in [0.1, 0.15) is 12.0 Å². The highest BCUT2D eigenvalue weighted by atomic mass is 28.4. The molecule has 0 aliphatic rings. The average molecular weight is 323 g/mol. The lowest BCUT2D eigenvalue weighted by molar-refractivity contribution is 0.243. The highest BCUT2D eigenvalue weighted by Crippen LogP contribution is 2.14. The minimum Gasteiger partial charge on any atom is -0.398 e. The Bertz CT molecular complexity index is 422. The molecule has 0 aromatic heterocycles. The Morgan fingerprint density at radius 1 is 1.14 bits per heavy atom. The van der Waals surface area contributed by atoms with Crippen LogP contribution in [-0.2, 0) is 8.85 Å². The Balaban J connectivity index is 2.40. The Hall–Kier alpha value is -0.983. The van der Waals surface area contributed by atoms with Crippen molar-refractivity contribution < 1.29 is 8.85 Å². The molecule has 0 aliphatic heterocycles. The van der Waals surface area contributed by atoms with Gasteiger partial charge in [-0.3, -0.25) is 4.90 Å². The van der Waals surface area contributed by atoms with Gasteiger partial charge in [0.2, 0.25) is 0 Å². The topological polar surface area (TPSA) is 47.7 Å². The van der Waals surface area contributed by atoms with E-state index in [0.717, 1.165) is 32.1 Å². The van der Waals surface area contributed by atoms with Crippen LogP contribution in [0.25, 0.3) is 6.08 Å². The molecule has 1 aromatic carbocycles. The van der Waals surface area contributed by atoms with Crippen molar-refractivity contribution in [3.05, 3.63) is 42.0 Å². The first-order valence-corrected chi connectivity index (χ1v) is 10.4. The maximum atomic E-state index is 5.72. The number of nitrogens with two attached hydrogens (primary N) is 1. The van der Waals surface area contributed by atoms with E-state index < -0.39 is 8.56 Å². The fourth-order valence-electron chi connectivity index (χ4n) is 2.29. The van der Waals surface area contributed by atoms with Gasteiger partial charge in [0.1, 0.15) is 0 Å². The maximum absolute atomic E-state index is 5.72. The summed E-state index contributed by atoms with van der Waals surface area (Å²) >= 11 is 0. The lowest BCUT2D eigenvalue weighted by Gasteiger charge is -2.25. The molecule has 0 heterocycles. The molecule has 5 heteroatoms. The van der Waals surface area contributed by atoms with Crippen molar-refractivity contribution in [1.29, 1.82) is 0 Å². The van der Waals surface area contributed by atoms with Crippen molar-refractivity contribution in [3.8, 4) is 0 Å². The molecule has 22 heavy (non-hydrogen) atoms. The van der Waals surface area contributed by atoms with Crippen LogP contribution in [-0.4, -0.2) is 53.9 Å². The van der Waals surface area contributed by atoms with Crippen molar-refractivity contribution in [3.63, 3.8) is 0 Å². The Morgan fingerprint density at radius 2 is 1.82 bits per heavy atom. The third-order valence-corrected chi connectivity index (χ3v) is 6.88. The number of nitrogens with zero attached hydrogens (tertiary/aromatic N) is 1. The minimum absolute atomic E-state index is 0.683. The summed E-state index contributed by atoms with van der Waals surface area (Å²) in [5.74, 6) is 0. The van der Waals surface area contributed by atoms with Gasteiger partial charge in [0.25, 0.3) is 0 Å². The summed E-state index contributed by atoms with van der Waals surface area (Å²) in [6.07, 6.45) is 5.44. The molecular weight excluding hydrogens is 292 g/mol. The number of rotatable bonds is 11. The zero-order valence-corrected chi connectivity index (χ0v) is 15.1. The first kappa shape index (κ1) is 19.1. The fourth-order valence-corrected chi connectivity index (χ4v) is 3.67. The van der Waals surface area contributed by atoms with Crippen LogP contribution in [0.4, 0.5) is 0 Å². The zero-order chi connectivity index (χ0) is 16.3. The van der Waals surface area contributed by atoms with Crippen LogP contribution >= 0.6 is 0 Å². The third kappa shape index (κ3) is 7.33. The summed E-state index contributed by atoms with van der Waals surface area (Å²) in [7, 11) is 1.55. The summed E-state index contributed by atoms with van der Waals surface area (Å²) in [6, 6.07) is 11.4. The van der Waals surface area contributed by atoms with E-state index in [1.165, 1.54) is 5.56 Å². The zero-order valence-electron chi connectivity index (χ0n) is 14.1. The molecule has 1 rings (SSSR count). The van der Waals surface area contributed by atoms with E-state index in [1.54, 1.807) is 14.2 Å². The summed E-state index contributed by atoms with van der Waals surface area (Å²) in [4.78, 5) is 2.37. The second-order valence-corrected chi connectivity index (χ2v) is 9.13. The molecule has 0 amide bonds. The van der Waals surface area contributed by atoms with E-state index in [1.807, 2.05) is 6.07 Å². The summed E-state index contributed by atoms with van der Waals surface area (Å²) in [5, 5.41) is 0. The molecule has 2 N–H and O–H groups in total. The highest BCUT2D eigenvalue weighted by molar-refractivity contribution is 6.65. The molecule has 0 unspecified atom stereocenters. The number of benzene rings is 1.